The zero-order valence-electron chi connectivity index (χ0n) is 9.65. The average molecular weight is 184 g/mol. The van der Waals surface area contributed by atoms with Gasteiger partial charge in [0, 0.05) is 6.42 Å². The van der Waals surface area contributed by atoms with Crippen LogP contribution in [0.4, 0.5) is 0 Å². The smallest absolute Gasteiger partial charge is 0.129 e. The lowest BCUT2D eigenvalue weighted by Crippen LogP contribution is -2.11. The van der Waals surface area contributed by atoms with E-state index in [1.807, 2.05) is 0 Å². The van der Waals surface area contributed by atoms with E-state index in [1.54, 1.807) is 6.92 Å². The average Bonchev–Trinajstić information content (AvgIpc) is 2.00. The Labute approximate surface area is 82.9 Å². The van der Waals surface area contributed by atoms with E-state index in [0.29, 0.717) is 11.2 Å². The predicted octanol–water partition coefficient (Wildman–Crippen LogP) is 3.96. The summed E-state index contributed by atoms with van der Waals surface area (Å²) in [6.45, 7) is 8.52. The maximum absolute atomic E-state index is 10.7. The Morgan fingerprint density at radius 1 is 1.15 bits per heavy atom. The highest BCUT2D eigenvalue weighted by Gasteiger charge is 2.16. The number of unbranched alkanes of at least 4 members (excludes halogenated alkanes) is 1. The van der Waals surface area contributed by atoms with Crippen molar-refractivity contribution in [1.82, 2.24) is 0 Å². The maximum Gasteiger partial charge on any atom is 0.129 e. The molecule has 0 spiro atoms. The number of ketones is 1. The van der Waals surface area contributed by atoms with Crippen molar-refractivity contribution in [1.29, 1.82) is 0 Å². The largest absolute Gasteiger partial charge is 0.300 e. The van der Waals surface area contributed by atoms with Gasteiger partial charge in [-0.3, -0.25) is 0 Å². The second kappa shape index (κ2) is 6.17. The monoisotopic (exact) mass is 184 g/mol. The van der Waals surface area contributed by atoms with Gasteiger partial charge in [-0.05, 0) is 31.6 Å². The molecule has 0 atom stereocenters. The summed E-state index contributed by atoms with van der Waals surface area (Å²) in [6.07, 6.45) is 6.89. The number of hydrogen-bond donors (Lipinski definition) is 0. The van der Waals surface area contributed by atoms with Crippen molar-refractivity contribution in [2.24, 2.45) is 5.41 Å². The van der Waals surface area contributed by atoms with E-state index in [9.17, 15) is 4.79 Å². The first kappa shape index (κ1) is 12.7. The Bertz CT molecular complexity index is 147. The lowest BCUT2D eigenvalue weighted by Gasteiger charge is -2.23. The maximum atomic E-state index is 10.7. The molecule has 0 aliphatic carbocycles. The summed E-state index contributed by atoms with van der Waals surface area (Å²) in [5.41, 5.74) is 0.436. The molecule has 0 aromatic heterocycles. The summed E-state index contributed by atoms with van der Waals surface area (Å²) in [6, 6.07) is 0. The van der Waals surface area contributed by atoms with Gasteiger partial charge in [0.2, 0.25) is 0 Å². The van der Waals surface area contributed by atoms with Gasteiger partial charge in [0.25, 0.3) is 0 Å². The molecule has 1 heteroatoms. The van der Waals surface area contributed by atoms with Gasteiger partial charge in [-0.25, -0.2) is 0 Å². The summed E-state index contributed by atoms with van der Waals surface area (Å²) < 4.78 is 0. The Kier molecular flexibility index (Phi) is 6.02. The van der Waals surface area contributed by atoms with Gasteiger partial charge < -0.3 is 4.79 Å². The van der Waals surface area contributed by atoms with Gasteiger partial charge in [-0.1, -0.05) is 33.6 Å². The number of carbonyl (C=O) groups excluding carboxylic acids is 1. The molecule has 0 fully saturated rings. The van der Waals surface area contributed by atoms with E-state index in [4.69, 9.17) is 0 Å². The van der Waals surface area contributed by atoms with E-state index in [-0.39, 0.29) is 0 Å². The van der Waals surface area contributed by atoms with Crippen LogP contribution in [-0.4, -0.2) is 5.78 Å². The SMILES string of the molecule is CCCCC(C)(C)CCCC(C)=O. The van der Waals surface area contributed by atoms with Crippen LogP contribution >= 0.6 is 0 Å². The van der Waals surface area contributed by atoms with Crippen LogP contribution in [0, 0.1) is 5.41 Å². The molecule has 0 unspecified atom stereocenters. The molecule has 13 heavy (non-hydrogen) atoms. The van der Waals surface area contributed by atoms with Gasteiger partial charge in [0.05, 0.1) is 0 Å². The van der Waals surface area contributed by atoms with Gasteiger partial charge >= 0.3 is 0 Å². The second-order valence-electron chi connectivity index (χ2n) is 4.82. The molecule has 78 valence electrons. The van der Waals surface area contributed by atoms with Crippen molar-refractivity contribution in [3.05, 3.63) is 0 Å². The number of carbonyl (C=O) groups is 1. The highest BCUT2D eigenvalue weighted by molar-refractivity contribution is 5.75. The highest BCUT2D eigenvalue weighted by atomic mass is 16.1. The van der Waals surface area contributed by atoms with Crippen molar-refractivity contribution in [3.8, 4) is 0 Å². The Balaban J connectivity index is 3.56. The lowest BCUT2D eigenvalue weighted by molar-refractivity contribution is -0.117. The van der Waals surface area contributed by atoms with Crippen LogP contribution in [0.3, 0.4) is 0 Å². The fourth-order valence-electron chi connectivity index (χ4n) is 1.60. The number of Topliss-reactive ketones (excluding diaryl/α,β-unsaturated/α-hetero) is 1. The number of hydrogen-bond acceptors (Lipinski definition) is 1. The van der Waals surface area contributed by atoms with Crippen molar-refractivity contribution in [2.75, 3.05) is 0 Å². The standard InChI is InChI=1S/C12H24O/c1-5-6-9-12(3,4)10-7-8-11(2)13/h5-10H2,1-4H3. The molecule has 0 heterocycles. The first-order valence-electron chi connectivity index (χ1n) is 5.47. The van der Waals surface area contributed by atoms with Gasteiger partial charge in [-0.2, -0.15) is 0 Å². The van der Waals surface area contributed by atoms with E-state index < -0.39 is 0 Å². The molecule has 0 N–H and O–H groups in total. The molecule has 0 aliphatic rings. The summed E-state index contributed by atoms with van der Waals surface area (Å²) in [5, 5.41) is 0. The van der Waals surface area contributed by atoms with Crippen LogP contribution in [0.2, 0.25) is 0 Å². The van der Waals surface area contributed by atoms with Crippen LogP contribution in [0.1, 0.15) is 66.2 Å². The van der Waals surface area contributed by atoms with Gasteiger partial charge in [-0.15, -0.1) is 0 Å². The third-order valence-corrected chi connectivity index (χ3v) is 2.59. The molecule has 0 saturated carbocycles. The fraction of sp³-hybridized carbons (Fsp3) is 0.917. The molecular weight excluding hydrogens is 160 g/mol. The van der Waals surface area contributed by atoms with E-state index in [1.165, 1.54) is 25.7 Å². The molecule has 0 amide bonds. The number of rotatable bonds is 7. The summed E-state index contributed by atoms with van der Waals surface area (Å²) in [4.78, 5) is 10.7. The van der Waals surface area contributed by atoms with Crippen molar-refractivity contribution in [2.45, 2.75) is 66.2 Å². The van der Waals surface area contributed by atoms with Crippen LogP contribution in [0.5, 0.6) is 0 Å². The first-order chi connectivity index (χ1) is 5.98. The molecular formula is C12H24O. The third-order valence-electron chi connectivity index (χ3n) is 2.59. The summed E-state index contributed by atoms with van der Waals surface area (Å²) in [7, 11) is 0. The zero-order valence-corrected chi connectivity index (χ0v) is 9.65. The topological polar surface area (TPSA) is 17.1 Å². The van der Waals surface area contributed by atoms with E-state index in [2.05, 4.69) is 20.8 Å². The minimum absolute atomic E-state index is 0.325. The quantitative estimate of drug-likeness (QED) is 0.585. The van der Waals surface area contributed by atoms with E-state index >= 15 is 0 Å². The molecule has 0 saturated heterocycles. The molecule has 0 aromatic carbocycles. The van der Waals surface area contributed by atoms with Crippen molar-refractivity contribution < 1.29 is 4.79 Å². The molecule has 0 radical (unpaired) electrons. The van der Waals surface area contributed by atoms with E-state index in [0.717, 1.165) is 12.8 Å². The third kappa shape index (κ3) is 8.01. The van der Waals surface area contributed by atoms with Gasteiger partial charge in [0.1, 0.15) is 5.78 Å². The minimum atomic E-state index is 0.325. The van der Waals surface area contributed by atoms with Gasteiger partial charge in [0.15, 0.2) is 0 Å². The van der Waals surface area contributed by atoms with Crippen LogP contribution in [0.15, 0.2) is 0 Å². The fourth-order valence-corrected chi connectivity index (χ4v) is 1.60. The van der Waals surface area contributed by atoms with Crippen LogP contribution in [0.25, 0.3) is 0 Å². The zero-order chi connectivity index (χ0) is 10.3. The van der Waals surface area contributed by atoms with Crippen LogP contribution < -0.4 is 0 Å². The summed E-state index contributed by atoms with van der Waals surface area (Å²) in [5.74, 6) is 0.325. The predicted molar refractivity (Wildman–Crippen MR) is 57.8 cm³/mol. The molecule has 0 bridgehead atoms. The molecule has 0 aromatic rings. The van der Waals surface area contributed by atoms with Crippen molar-refractivity contribution >= 4 is 5.78 Å². The molecule has 0 rings (SSSR count). The summed E-state index contributed by atoms with van der Waals surface area (Å²) >= 11 is 0. The van der Waals surface area contributed by atoms with Crippen molar-refractivity contribution in [3.63, 3.8) is 0 Å². The Morgan fingerprint density at radius 2 is 1.69 bits per heavy atom. The normalized spacial score (nSPS) is 11.7. The Morgan fingerprint density at radius 3 is 2.15 bits per heavy atom. The minimum Gasteiger partial charge on any atom is -0.300 e. The Hall–Kier alpha value is -0.330. The first-order valence-corrected chi connectivity index (χ1v) is 5.47. The molecule has 0 aliphatic heterocycles. The van der Waals surface area contributed by atoms with Crippen LogP contribution in [-0.2, 0) is 4.79 Å². The molecule has 1 nitrogen and oxygen atoms in total. The highest BCUT2D eigenvalue weighted by Crippen LogP contribution is 2.29. The lowest BCUT2D eigenvalue weighted by atomic mass is 9.82. The second-order valence-corrected chi connectivity index (χ2v) is 4.82.